The second kappa shape index (κ2) is 6.02. The van der Waals surface area contributed by atoms with Crippen molar-refractivity contribution in [2.75, 3.05) is 19.7 Å². The van der Waals surface area contributed by atoms with E-state index in [1.165, 1.54) is 25.8 Å². The fourth-order valence-electron chi connectivity index (χ4n) is 2.02. The molecule has 1 fully saturated rings. The van der Waals surface area contributed by atoms with Gasteiger partial charge in [0.15, 0.2) is 0 Å². The van der Waals surface area contributed by atoms with Crippen molar-refractivity contribution < 1.29 is 5.11 Å². The van der Waals surface area contributed by atoms with E-state index in [0.29, 0.717) is 6.61 Å². The van der Waals surface area contributed by atoms with Crippen molar-refractivity contribution >= 4 is 0 Å². The van der Waals surface area contributed by atoms with Gasteiger partial charge in [-0.3, -0.25) is 4.90 Å². The number of hydrogen-bond acceptors (Lipinski definition) is 2. The first-order valence-corrected chi connectivity index (χ1v) is 6.85. The van der Waals surface area contributed by atoms with E-state index in [2.05, 4.69) is 32.6 Å². The van der Waals surface area contributed by atoms with Gasteiger partial charge in [0.05, 0.1) is 0 Å². The molecule has 1 atom stereocenters. The molecule has 0 saturated heterocycles. The van der Waals surface area contributed by atoms with Crippen LogP contribution in [-0.4, -0.2) is 35.7 Å². The molecule has 1 aliphatic rings. The van der Waals surface area contributed by atoms with Gasteiger partial charge in [-0.05, 0) is 38.1 Å². The summed E-state index contributed by atoms with van der Waals surface area (Å²) < 4.78 is 0. The summed E-state index contributed by atoms with van der Waals surface area (Å²) in [5, 5.41) is 9.49. The third kappa shape index (κ3) is 4.42. The molecular formula is C14H29NO. The average molecular weight is 227 g/mol. The number of aliphatic hydroxyl groups is 1. The smallest absolute Gasteiger partial charge is 0.0496 e. The molecule has 1 aliphatic carbocycles. The van der Waals surface area contributed by atoms with Crippen LogP contribution in [0.4, 0.5) is 0 Å². The Morgan fingerprint density at radius 1 is 1.38 bits per heavy atom. The molecule has 2 nitrogen and oxygen atoms in total. The molecule has 0 aromatic rings. The molecule has 1 rings (SSSR count). The number of hydrogen-bond donors (Lipinski definition) is 1. The summed E-state index contributed by atoms with van der Waals surface area (Å²) in [6.07, 6.45) is 5.07. The lowest BCUT2D eigenvalue weighted by Gasteiger charge is -2.34. The molecule has 0 spiro atoms. The van der Waals surface area contributed by atoms with Crippen LogP contribution < -0.4 is 0 Å². The van der Waals surface area contributed by atoms with Gasteiger partial charge in [-0.1, -0.05) is 27.7 Å². The molecular weight excluding hydrogens is 198 g/mol. The highest BCUT2D eigenvalue weighted by Crippen LogP contribution is 2.31. The molecule has 96 valence electrons. The number of aliphatic hydroxyl groups excluding tert-OH is 1. The van der Waals surface area contributed by atoms with Crippen LogP contribution in [0.15, 0.2) is 0 Å². The van der Waals surface area contributed by atoms with Crippen molar-refractivity contribution in [3.8, 4) is 0 Å². The third-order valence-corrected chi connectivity index (χ3v) is 3.88. The summed E-state index contributed by atoms with van der Waals surface area (Å²) in [6.45, 7) is 11.6. The minimum atomic E-state index is 0.0968. The maximum Gasteiger partial charge on any atom is 0.0496 e. The minimum absolute atomic E-state index is 0.0968. The van der Waals surface area contributed by atoms with E-state index in [9.17, 15) is 5.11 Å². The SMILES string of the molecule is CCC(C)(CO)CN(CCC(C)C)C1CC1. The van der Waals surface area contributed by atoms with Crippen LogP contribution in [0.2, 0.25) is 0 Å². The van der Waals surface area contributed by atoms with Crippen molar-refractivity contribution in [3.63, 3.8) is 0 Å². The highest BCUT2D eigenvalue weighted by atomic mass is 16.3. The highest BCUT2D eigenvalue weighted by molar-refractivity contribution is 4.88. The van der Waals surface area contributed by atoms with Crippen LogP contribution in [0.3, 0.4) is 0 Å². The molecule has 0 aliphatic heterocycles. The van der Waals surface area contributed by atoms with E-state index >= 15 is 0 Å². The molecule has 0 heterocycles. The van der Waals surface area contributed by atoms with Gasteiger partial charge in [0, 0.05) is 24.6 Å². The van der Waals surface area contributed by atoms with E-state index in [4.69, 9.17) is 0 Å². The van der Waals surface area contributed by atoms with Crippen molar-refractivity contribution in [2.45, 2.75) is 59.4 Å². The number of nitrogens with zero attached hydrogens (tertiary/aromatic N) is 1. The van der Waals surface area contributed by atoms with Gasteiger partial charge in [-0.25, -0.2) is 0 Å². The Morgan fingerprint density at radius 3 is 2.38 bits per heavy atom. The largest absolute Gasteiger partial charge is 0.396 e. The van der Waals surface area contributed by atoms with Gasteiger partial charge in [-0.15, -0.1) is 0 Å². The van der Waals surface area contributed by atoms with Crippen LogP contribution in [-0.2, 0) is 0 Å². The Morgan fingerprint density at radius 2 is 2.00 bits per heavy atom. The van der Waals surface area contributed by atoms with Crippen molar-refractivity contribution in [1.29, 1.82) is 0 Å². The van der Waals surface area contributed by atoms with Gasteiger partial charge >= 0.3 is 0 Å². The lowest BCUT2D eigenvalue weighted by molar-refractivity contribution is 0.0785. The van der Waals surface area contributed by atoms with Crippen molar-refractivity contribution in [2.24, 2.45) is 11.3 Å². The Kier molecular flexibility index (Phi) is 5.26. The first kappa shape index (κ1) is 14.0. The van der Waals surface area contributed by atoms with E-state index in [1.54, 1.807) is 0 Å². The van der Waals surface area contributed by atoms with Gasteiger partial charge in [0.1, 0.15) is 0 Å². The summed E-state index contributed by atoms with van der Waals surface area (Å²) in [7, 11) is 0. The predicted octanol–water partition coefficient (Wildman–Crippen LogP) is 2.91. The van der Waals surface area contributed by atoms with Crippen LogP contribution >= 0.6 is 0 Å². The molecule has 16 heavy (non-hydrogen) atoms. The lowest BCUT2D eigenvalue weighted by atomic mass is 9.87. The molecule has 1 saturated carbocycles. The molecule has 0 aromatic heterocycles. The van der Waals surface area contributed by atoms with E-state index in [-0.39, 0.29) is 5.41 Å². The topological polar surface area (TPSA) is 23.5 Å². The first-order valence-electron chi connectivity index (χ1n) is 6.85. The third-order valence-electron chi connectivity index (χ3n) is 3.88. The molecule has 0 aromatic carbocycles. The van der Waals surface area contributed by atoms with E-state index < -0.39 is 0 Å². The highest BCUT2D eigenvalue weighted by Gasteiger charge is 2.33. The predicted molar refractivity (Wildman–Crippen MR) is 69.5 cm³/mol. The normalized spacial score (nSPS) is 20.4. The Hall–Kier alpha value is -0.0800. The average Bonchev–Trinajstić information content (AvgIpc) is 3.07. The van der Waals surface area contributed by atoms with E-state index in [0.717, 1.165) is 24.9 Å². The Bertz CT molecular complexity index is 195. The molecule has 0 radical (unpaired) electrons. The minimum Gasteiger partial charge on any atom is -0.396 e. The quantitative estimate of drug-likeness (QED) is 0.689. The van der Waals surface area contributed by atoms with Gasteiger partial charge in [0.2, 0.25) is 0 Å². The van der Waals surface area contributed by atoms with Gasteiger partial charge < -0.3 is 5.11 Å². The zero-order chi connectivity index (χ0) is 12.2. The maximum atomic E-state index is 9.49. The summed E-state index contributed by atoms with van der Waals surface area (Å²) in [6, 6.07) is 0.816. The molecule has 2 heteroatoms. The molecule has 1 unspecified atom stereocenters. The van der Waals surface area contributed by atoms with E-state index in [1.807, 2.05) is 0 Å². The fraction of sp³-hybridized carbons (Fsp3) is 1.00. The van der Waals surface area contributed by atoms with Crippen molar-refractivity contribution in [1.82, 2.24) is 4.90 Å². The summed E-state index contributed by atoms with van der Waals surface area (Å²) >= 11 is 0. The maximum absolute atomic E-state index is 9.49. The van der Waals surface area contributed by atoms with Gasteiger partial charge in [0.25, 0.3) is 0 Å². The van der Waals surface area contributed by atoms with Crippen LogP contribution in [0, 0.1) is 11.3 Å². The second-order valence-corrected chi connectivity index (χ2v) is 6.21. The molecule has 0 amide bonds. The zero-order valence-electron chi connectivity index (χ0n) is 11.5. The monoisotopic (exact) mass is 227 g/mol. The molecule has 1 N–H and O–H groups in total. The van der Waals surface area contributed by atoms with Crippen LogP contribution in [0.5, 0.6) is 0 Å². The van der Waals surface area contributed by atoms with Crippen LogP contribution in [0.1, 0.15) is 53.4 Å². The van der Waals surface area contributed by atoms with Crippen LogP contribution in [0.25, 0.3) is 0 Å². The first-order chi connectivity index (χ1) is 7.50. The summed E-state index contributed by atoms with van der Waals surface area (Å²) in [4.78, 5) is 2.61. The standard InChI is InChI=1S/C14H29NO/c1-5-14(4,11-16)10-15(13-6-7-13)9-8-12(2)3/h12-13,16H,5-11H2,1-4H3. The fourth-order valence-corrected chi connectivity index (χ4v) is 2.02. The molecule has 0 bridgehead atoms. The van der Waals surface area contributed by atoms with Crippen molar-refractivity contribution in [3.05, 3.63) is 0 Å². The summed E-state index contributed by atoms with van der Waals surface area (Å²) in [5.41, 5.74) is 0.0968. The van der Waals surface area contributed by atoms with Gasteiger partial charge in [-0.2, -0.15) is 0 Å². The number of rotatable bonds is 8. The summed E-state index contributed by atoms with van der Waals surface area (Å²) in [5.74, 6) is 0.781. The Labute approximate surface area is 101 Å². The lowest BCUT2D eigenvalue weighted by Crippen LogP contribution is -2.40. The zero-order valence-corrected chi connectivity index (χ0v) is 11.5. The second-order valence-electron chi connectivity index (χ2n) is 6.21. The Balaban J connectivity index is 2.43.